The molecular weight excluding hydrogens is 312 g/mol. The second-order valence-electron chi connectivity index (χ2n) is 5.84. The minimum atomic E-state index is -0.224. The zero-order valence-electron chi connectivity index (χ0n) is 14.5. The van der Waals surface area contributed by atoms with Gasteiger partial charge in [-0.2, -0.15) is 5.10 Å². The van der Waals surface area contributed by atoms with Crippen LogP contribution in [0.1, 0.15) is 34.2 Å². The predicted molar refractivity (Wildman–Crippen MR) is 99.2 cm³/mol. The standard InChI is InChI=1S/C20H20N4O/c1-14-12-19(16(3)24(14)18-9-5-4-6-10-18)20(25)23-22-15(2)17-8-7-11-21-13-17/h4-13H,1-3H3,(H,23,25)/b22-15+. The first-order valence-electron chi connectivity index (χ1n) is 8.07. The number of benzene rings is 1. The number of amides is 1. The Morgan fingerprint density at radius 2 is 1.88 bits per heavy atom. The van der Waals surface area contributed by atoms with Gasteiger partial charge in [0.2, 0.25) is 0 Å². The fraction of sp³-hybridized carbons (Fsp3) is 0.150. The van der Waals surface area contributed by atoms with Gasteiger partial charge >= 0.3 is 0 Å². The number of pyridine rings is 1. The maximum atomic E-state index is 12.6. The summed E-state index contributed by atoms with van der Waals surface area (Å²) in [6, 6.07) is 15.6. The van der Waals surface area contributed by atoms with Crippen LogP contribution >= 0.6 is 0 Å². The monoisotopic (exact) mass is 332 g/mol. The van der Waals surface area contributed by atoms with Crippen LogP contribution in [0.15, 0.2) is 66.0 Å². The number of hydrogen-bond donors (Lipinski definition) is 1. The first kappa shape index (κ1) is 16.6. The van der Waals surface area contributed by atoms with Crippen LogP contribution in [0, 0.1) is 13.8 Å². The summed E-state index contributed by atoms with van der Waals surface area (Å²) in [7, 11) is 0. The van der Waals surface area contributed by atoms with E-state index >= 15 is 0 Å². The van der Waals surface area contributed by atoms with Gasteiger partial charge in [-0.1, -0.05) is 24.3 Å². The van der Waals surface area contributed by atoms with Gasteiger partial charge in [-0.25, -0.2) is 5.43 Å². The minimum Gasteiger partial charge on any atom is -0.318 e. The molecule has 0 saturated heterocycles. The normalized spacial score (nSPS) is 11.4. The SMILES string of the molecule is C/C(=N\NC(=O)c1cc(C)n(-c2ccccc2)c1C)c1cccnc1. The molecule has 1 amide bonds. The highest BCUT2D eigenvalue weighted by Crippen LogP contribution is 2.20. The van der Waals surface area contributed by atoms with Crippen molar-refractivity contribution < 1.29 is 4.79 Å². The van der Waals surface area contributed by atoms with Crippen molar-refractivity contribution in [2.45, 2.75) is 20.8 Å². The third-order valence-electron chi connectivity index (χ3n) is 4.09. The molecule has 0 atom stereocenters. The largest absolute Gasteiger partial charge is 0.318 e. The highest BCUT2D eigenvalue weighted by atomic mass is 16.2. The van der Waals surface area contributed by atoms with Crippen LogP contribution in [0.5, 0.6) is 0 Å². The number of carbonyl (C=O) groups excluding carboxylic acids is 1. The van der Waals surface area contributed by atoms with E-state index in [1.54, 1.807) is 12.4 Å². The van der Waals surface area contributed by atoms with Crippen molar-refractivity contribution in [3.8, 4) is 5.69 Å². The lowest BCUT2D eigenvalue weighted by molar-refractivity contribution is 0.0954. The fourth-order valence-corrected chi connectivity index (χ4v) is 2.80. The van der Waals surface area contributed by atoms with E-state index in [1.165, 1.54) is 0 Å². The van der Waals surface area contributed by atoms with E-state index in [2.05, 4.69) is 20.1 Å². The molecule has 0 bridgehead atoms. The number of nitrogens with zero attached hydrogens (tertiary/aromatic N) is 3. The number of nitrogens with one attached hydrogen (secondary N) is 1. The van der Waals surface area contributed by atoms with Gasteiger partial charge in [0.25, 0.3) is 5.91 Å². The highest BCUT2D eigenvalue weighted by Gasteiger charge is 2.16. The van der Waals surface area contributed by atoms with Crippen LogP contribution in [0.25, 0.3) is 5.69 Å². The molecule has 5 heteroatoms. The summed E-state index contributed by atoms with van der Waals surface area (Å²) >= 11 is 0. The molecule has 0 aliphatic carbocycles. The second-order valence-corrected chi connectivity index (χ2v) is 5.84. The number of aromatic nitrogens is 2. The van der Waals surface area contributed by atoms with Crippen molar-refractivity contribution in [1.82, 2.24) is 15.0 Å². The number of para-hydroxylation sites is 1. The van der Waals surface area contributed by atoms with Crippen LogP contribution in [0.4, 0.5) is 0 Å². The molecule has 5 nitrogen and oxygen atoms in total. The summed E-state index contributed by atoms with van der Waals surface area (Å²) in [5.41, 5.74) is 7.75. The summed E-state index contributed by atoms with van der Waals surface area (Å²) in [5.74, 6) is -0.224. The smallest absolute Gasteiger partial charge is 0.273 e. The Morgan fingerprint density at radius 3 is 2.56 bits per heavy atom. The molecule has 25 heavy (non-hydrogen) atoms. The van der Waals surface area contributed by atoms with Crippen LogP contribution in [0.3, 0.4) is 0 Å². The van der Waals surface area contributed by atoms with Crippen molar-refractivity contribution in [1.29, 1.82) is 0 Å². The summed E-state index contributed by atoms with van der Waals surface area (Å²) < 4.78 is 2.06. The lowest BCUT2D eigenvalue weighted by atomic mass is 10.2. The number of hydrazone groups is 1. The topological polar surface area (TPSA) is 59.3 Å². The van der Waals surface area contributed by atoms with Gasteiger partial charge in [-0.3, -0.25) is 9.78 Å². The molecular formula is C20H20N4O. The van der Waals surface area contributed by atoms with E-state index < -0.39 is 0 Å². The first-order chi connectivity index (χ1) is 12.1. The molecule has 0 aliphatic heterocycles. The predicted octanol–water partition coefficient (Wildman–Crippen LogP) is 3.64. The third kappa shape index (κ3) is 3.50. The number of rotatable bonds is 4. The minimum absolute atomic E-state index is 0.224. The molecule has 0 radical (unpaired) electrons. The summed E-state index contributed by atoms with van der Waals surface area (Å²) in [6.45, 7) is 5.76. The Morgan fingerprint density at radius 1 is 1.12 bits per heavy atom. The molecule has 0 fully saturated rings. The van der Waals surface area contributed by atoms with Gasteiger partial charge in [0.15, 0.2) is 0 Å². The van der Waals surface area contributed by atoms with Gasteiger partial charge < -0.3 is 4.57 Å². The van der Waals surface area contributed by atoms with Gasteiger partial charge in [0, 0.05) is 35.0 Å². The van der Waals surface area contributed by atoms with Crippen molar-refractivity contribution >= 4 is 11.6 Å². The zero-order chi connectivity index (χ0) is 17.8. The fourth-order valence-electron chi connectivity index (χ4n) is 2.80. The molecule has 0 saturated carbocycles. The molecule has 2 aromatic heterocycles. The molecule has 3 aromatic rings. The molecule has 1 aromatic carbocycles. The average Bonchev–Trinajstić information content (AvgIpc) is 2.95. The molecule has 3 rings (SSSR count). The quantitative estimate of drug-likeness (QED) is 0.586. The van der Waals surface area contributed by atoms with Crippen molar-refractivity contribution in [2.24, 2.45) is 5.10 Å². The zero-order valence-corrected chi connectivity index (χ0v) is 14.5. The van der Waals surface area contributed by atoms with Crippen LogP contribution in [0.2, 0.25) is 0 Å². The van der Waals surface area contributed by atoms with Crippen molar-refractivity contribution in [2.75, 3.05) is 0 Å². The molecule has 126 valence electrons. The number of carbonyl (C=O) groups is 1. The van der Waals surface area contributed by atoms with Gasteiger partial charge in [-0.15, -0.1) is 0 Å². The Kier molecular flexibility index (Phi) is 4.75. The average molecular weight is 332 g/mol. The lowest BCUT2D eigenvalue weighted by Gasteiger charge is -2.09. The van der Waals surface area contributed by atoms with E-state index in [-0.39, 0.29) is 5.91 Å². The van der Waals surface area contributed by atoms with Crippen LogP contribution < -0.4 is 5.43 Å². The Hall–Kier alpha value is -3.21. The van der Waals surface area contributed by atoms with E-state index in [4.69, 9.17) is 0 Å². The van der Waals surface area contributed by atoms with Crippen molar-refractivity contribution in [3.63, 3.8) is 0 Å². The maximum absolute atomic E-state index is 12.6. The van der Waals surface area contributed by atoms with E-state index in [9.17, 15) is 4.79 Å². The number of aryl methyl sites for hydroxylation is 1. The maximum Gasteiger partial charge on any atom is 0.273 e. The highest BCUT2D eigenvalue weighted by molar-refractivity contribution is 6.01. The Balaban J connectivity index is 1.84. The van der Waals surface area contributed by atoms with Gasteiger partial charge in [-0.05, 0) is 45.0 Å². The summed E-state index contributed by atoms with van der Waals surface area (Å²) in [4.78, 5) is 16.6. The van der Waals surface area contributed by atoms with Crippen LogP contribution in [-0.4, -0.2) is 21.2 Å². The first-order valence-corrected chi connectivity index (χ1v) is 8.07. The van der Waals surface area contributed by atoms with E-state index in [1.807, 2.05) is 69.3 Å². The van der Waals surface area contributed by atoms with E-state index in [0.29, 0.717) is 11.3 Å². The van der Waals surface area contributed by atoms with Crippen molar-refractivity contribution in [3.05, 3.63) is 83.4 Å². The molecule has 1 N–H and O–H groups in total. The summed E-state index contributed by atoms with van der Waals surface area (Å²) in [6.07, 6.45) is 3.42. The van der Waals surface area contributed by atoms with Gasteiger partial charge in [0.05, 0.1) is 11.3 Å². The summed E-state index contributed by atoms with van der Waals surface area (Å²) in [5, 5.41) is 4.19. The number of hydrogen-bond acceptors (Lipinski definition) is 3. The Labute approximate surface area is 147 Å². The third-order valence-corrected chi connectivity index (χ3v) is 4.09. The van der Waals surface area contributed by atoms with E-state index in [0.717, 1.165) is 22.6 Å². The molecule has 0 spiro atoms. The molecule has 0 unspecified atom stereocenters. The second kappa shape index (κ2) is 7.13. The molecule has 2 heterocycles. The molecule has 0 aliphatic rings. The lowest BCUT2D eigenvalue weighted by Crippen LogP contribution is -2.20. The van der Waals surface area contributed by atoms with Gasteiger partial charge in [0.1, 0.15) is 0 Å². The van der Waals surface area contributed by atoms with Crippen LogP contribution in [-0.2, 0) is 0 Å². The Bertz CT molecular complexity index is 912.